The molecule has 0 bridgehead atoms. The molecule has 3 heterocycles. The first-order chi connectivity index (χ1) is 14.1. The van der Waals surface area contributed by atoms with Crippen LogP contribution in [-0.2, 0) is 11.2 Å². The van der Waals surface area contributed by atoms with E-state index in [-0.39, 0.29) is 5.97 Å². The monoisotopic (exact) mass is 411 g/mol. The molecule has 1 saturated heterocycles. The molecular weight excluding hydrogens is 386 g/mol. The Morgan fingerprint density at radius 3 is 2.62 bits per heavy atom. The highest BCUT2D eigenvalue weighted by Gasteiger charge is 2.25. The molecule has 8 heteroatoms. The average molecular weight is 412 g/mol. The third kappa shape index (κ3) is 4.03. The van der Waals surface area contributed by atoms with Crippen LogP contribution in [0.15, 0.2) is 24.4 Å². The minimum absolute atomic E-state index is 0.331. The minimum Gasteiger partial charge on any atom is -0.462 e. The van der Waals surface area contributed by atoms with Crippen LogP contribution in [0, 0.1) is 6.92 Å². The number of aromatic nitrogens is 3. The summed E-state index contributed by atoms with van der Waals surface area (Å²) in [4.78, 5) is 30.3. The lowest BCUT2D eigenvalue weighted by Crippen LogP contribution is -2.47. The maximum Gasteiger partial charge on any atom is 0.343 e. The predicted molar refractivity (Wildman–Crippen MR) is 116 cm³/mol. The number of anilines is 2. The number of thiazole rings is 1. The summed E-state index contributed by atoms with van der Waals surface area (Å²) in [5.74, 6) is 0.934. The number of ether oxygens (including phenoxy) is 1. The van der Waals surface area contributed by atoms with Crippen molar-refractivity contribution < 1.29 is 9.53 Å². The van der Waals surface area contributed by atoms with Crippen molar-refractivity contribution in [3.8, 4) is 0 Å². The van der Waals surface area contributed by atoms with Gasteiger partial charge in [-0.2, -0.15) is 0 Å². The summed E-state index contributed by atoms with van der Waals surface area (Å²) < 4.78 is 6.41. The Morgan fingerprint density at radius 2 is 1.90 bits per heavy atom. The number of piperazine rings is 1. The van der Waals surface area contributed by atoms with Crippen LogP contribution in [0.1, 0.15) is 35.6 Å². The van der Waals surface area contributed by atoms with E-state index in [9.17, 15) is 4.79 Å². The second-order valence-electron chi connectivity index (χ2n) is 7.00. The van der Waals surface area contributed by atoms with Crippen molar-refractivity contribution in [3.63, 3.8) is 0 Å². The van der Waals surface area contributed by atoms with Gasteiger partial charge in [0.05, 0.1) is 16.8 Å². The lowest BCUT2D eigenvalue weighted by Gasteiger charge is -2.35. The summed E-state index contributed by atoms with van der Waals surface area (Å²) in [6.45, 7) is 9.31. The molecule has 152 valence electrons. The molecule has 3 aromatic rings. The van der Waals surface area contributed by atoms with Crippen LogP contribution in [0.3, 0.4) is 0 Å². The average Bonchev–Trinajstić information content (AvgIpc) is 3.17. The van der Waals surface area contributed by atoms with Crippen LogP contribution < -0.4 is 9.80 Å². The first-order valence-electron chi connectivity index (χ1n) is 9.99. The Labute approximate surface area is 174 Å². The van der Waals surface area contributed by atoms with E-state index >= 15 is 0 Å². The Hall–Kier alpha value is -2.74. The second-order valence-corrected chi connectivity index (χ2v) is 8.01. The quantitative estimate of drug-likeness (QED) is 0.595. The number of aryl methyl sites for hydroxylation is 2. The Balaban J connectivity index is 1.51. The topological polar surface area (TPSA) is 71.5 Å². The zero-order valence-electron chi connectivity index (χ0n) is 17.0. The molecule has 0 saturated carbocycles. The van der Waals surface area contributed by atoms with Crippen molar-refractivity contribution in [2.24, 2.45) is 0 Å². The van der Waals surface area contributed by atoms with Crippen LogP contribution in [0.2, 0.25) is 0 Å². The maximum absolute atomic E-state index is 12.3. The number of carbonyl (C=O) groups is 1. The standard InChI is InChI=1S/C21H25N5O2S/c1-4-15-6-7-17-18(12-15)29-21(24-17)26-10-8-25(9-11-26)19-16(20(27)28-5-2)13-22-14(3)23-19/h6-7,12-13H,4-5,8-11H2,1-3H3. The largest absolute Gasteiger partial charge is 0.462 e. The summed E-state index contributed by atoms with van der Waals surface area (Å²) in [7, 11) is 0. The Bertz CT molecular complexity index is 1030. The second kappa shape index (κ2) is 8.32. The van der Waals surface area contributed by atoms with E-state index in [1.54, 1.807) is 24.5 Å². The van der Waals surface area contributed by atoms with E-state index < -0.39 is 0 Å². The number of nitrogens with zero attached hydrogens (tertiary/aromatic N) is 5. The Morgan fingerprint density at radius 1 is 1.14 bits per heavy atom. The summed E-state index contributed by atoms with van der Waals surface area (Å²) in [5, 5.41) is 1.05. The van der Waals surface area contributed by atoms with Crippen molar-refractivity contribution in [2.45, 2.75) is 27.2 Å². The summed E-state index contributed by atoms with van der Waals surface area (Å²) in [6.07, 6.45) is 2.60. The SMILES string of the molecule is CCOC(=O)c1cnc(C)nc1N1CCN(c2nc3ccc(CC)cc3s2)CC1. The third-order valence-corrected chi connectivity index (χ3v) is 6.16. The Kier molecular flexibility index (Phi) is 5.62. The van der Waals surface area contributed by atoms with Gasteiger partial charge >= 0.3 is 5.97 Å². The van der Waals surface area contributed by atoms with Gasteiger partial charge in [-0.1, -0.05) is 24.3 Å². The number of hydrogen-bond acceptors (Lipinski definition) is 8. The van der Waals surface area contributed by atoms with Crippen molar-refractivity contribution in [1.29, 1.82) is 0 Å². The number of hydrogen-bond donors (Lipinski definition) is 0. The van der Waals surface area contributed by atoms with Gasteiger partial charge in [-0.25, -0.2) is 19.7 Å². The first-order valence-corrected chi connectivity index (χ1v) is 10.8. The molecular formula is C21H25N5O2S. The van der Waals surface area contributed by atoms with E-state index in [4.69, 9.17) is 9.72 Å². The summed E-state index contributed by atoms with van der Waals surface area (Å²) >= 11 is 1.74. The van der Waals surface area contributed by atoms with Crippen LogP contribution in [-0.4, -0.2) is 53.7 Å². The zero-order valence-corrected chi connectivity index (χ0v) is 17.8. The minimum atomic E-state index is -0.372. The normalized spacial score (nSPS) is 14.4. The number of rotatable bonds is 5. The molecule has 29 heavy (non-hydrogen) atoms. The van der Waals surface area contributed by atoms with E-state index in [1.807, 2.05) is 6.92 Å². The fraction of sp³-hybridized carbons (Fsp3) is 0.429. The van der Waals surface area contributed by atoms with Crippen molar-refractivity contribution >= 4 is 38.5 Å². The number of carbonyl (C=O) groups excluding carboxylic acids is 1. The molecule has 0 atom stereocenters. The third-order valence-electron chi connectivity index (χ3n) is 5.08. The van der Waals surface area contributed by atoms with Crippen LogP contribution in [0.5, 0.6) is 0 Å². The summed E-state index contributed by atoms with van der Waals surface area (Å²) in [6, 6.07) is 6.50. The van der Waals surface area contributed by atoms with Crippen LogP contribution >= 0.6 is 11.3 Å². The van der Waals surface area contributed by atoms with Gasteiger partial charge in [0.25, 0.3) is 0 Å². The zero-order chi connectivity index (χ0) is 20.4. The molecule has 2 aromatic heterocycles. The highest BCUT2D eigenvalue weighted by molar-refractivity contribution is 7.22. The number of benzene rings is 1. The molecule has 0 unspecified atom stereocenters. The molecule has 1 fully saturated rings. The van der Waals surface area contributed by atoms with Gasteiger partial charge in [0, 0.05) is 32.4 Å². The smallest absolute Gasteiger partial charge is 0.343 e. The van der Waals surface area contributed by atoms with E-state index in [0.717, 1.165) is 43.2 Å². The molecule has 0 N–H and O–H groups in total. The van der Waals surface area contributed by atoms with Gasteiger partial charge in [-0.3, -0.25) is 0 Å². The number of esters is 1. The highest BCUT2D eigenvalue weighted by Crippen LogP contribution is 2.31. The molecule has 4 rings (SSSR count). The molecule has 1 aliphatic heterocycles. The van der Waals surface area contributed by atoms with E-state index in [2.05, 4.69) is 44.9 Å². The van der Waals surface area contributed by atoms with E-state index in [1.165, 1.54) is 10.3 Å². The molecule has 7 nitrogen and oxygen atoms in total. The lowest BCUT2D eigenvalue weighted by atomic mass is 10.2. The van der Waals surface area contributed by atoms with Crippen molar-refractivity contribution in [2.75, 3.05) is 42.6 Å². The molecule has 0 aliphatic carbocycles. The van der Waals surface area contributed by atoms with Crippen molar-refractivity contribution in [3.05, 3.63) is 41.3 Å². The highest BCUT2D eigenvalue weighted by atomic mass is 32.1. The van der Waals surface area contributed by atoms with Crippen LogP contribution in [0.25, 0.3) is 10.2 Å². The molecule has 1 aromatic carbocycles. The fourth-order valence-corrected chi connectivity index (χ4v) is 4.55. The van der Waals surface area contributed by atoms with Gasteiger partial charge in [-0.15, -0.1) is 0 Å². The van der Waals surface area contributed by atoms with Gasteiger partial charge in [-0.05, 0) is 38.0 Å². The van der Waals surface area contributed by atoms with Gasteiger partial charge in [0.1, 0.15) is 17.2 Å². The number of fused-ring (bicyclic) bond motifs is 1. The molecule has 0 spiro atoms. The maximum atomic E-state index is 12.3. The van der Waals surface area contributed by atoms with Gasteiger partial charge in [0.15, 0.2) is 5.13 Å². The first kappa shape index (κ1) is 19.6. The predicted octanol–water partition coefficient (Wildman–Crippen LogP) is 3.46. The van der Waals surface area contributed by atoms with Gasteiger partial charge < -0.3 is 14.5 Å². The molecule has 1 aliphatic rings. The van der Waals surface area contributed by atoms with Crippen LogP contribution in [0.4, 0.5) is 10.9 Å². The lowest BCUT2D eigenvalue weighted by molar-refractivity contribution is 0.0526. The van der Waals surface area contributed by atoms with E-state index in [0.29, 0.717) is 23.8 Å². The molecule has 0 radical (unpaired) electrons. The molecule has 0 amide bonds. The van der Waals surface area contributed by atoms with Gasteiger partial charge in [0.2, 0.25) is 0 Å². The summed E-state index contributed by atoms with van der Waals surface area (Å²) in [5.41, 5.74) is 2.82. The fourth-order valence-electron chi connectivity index (χ4n) is 3.47. The van der Waals surface area contributed by atoms with Crippen molar-refractivity contribution in [1.82, 2.24) is 15.0 Å².